The number of hydrogen-bond donors (Lipinski definition) is 1. The Labute approximate surface area is 169 Å². The molecule has 2 aromatic carbocycles. The van der Waals surface area contributed by atoms with Gasteiger partial charge < -0.3 is 4.90 Å². The number of hydrogen-bond acceptors (Lipinski definition) is 7. The summed E-state index contributed by atoms with van der Waals surface area (Å²) in [5, 5.41) is 22.6. The quantitative estimate of drug-likeness (QED) is 0.511. The van der Waals surface area contributed by atoms with Crippen molar-refractivity contribution >= 4 is 39.7 Å². The van der Waals surface area contributed by atoms with Crippen LogP contribution in [0.1, 0.15) is 27.7 Å². The molecule has 0 saturated carbocycles. The van der Waals surface area contributed by atoms with Crippen molar-refractivity contribution in [3.05, 3.63) is 75.3 Å². The number of nitro benzene ring substituents is 1. The number of nitrogens with one attached hydrogen (secondary N) is 1. The van der Waals surface area contributed by atoms with Crippen LogP contribution in [0.3, 0.4) is 0 Å². The molecule has 1 aliphatic heterocycles. The smallest absolute Gasteiger partial charge is 0.282 e. The van der Waals surface area contributed by atoms with Gasteiger partial charge in [-0.3, -0.25) is 25.0 Å². The first-order valence-electron chi connectivity index (χ1n) is 8.76. The van der Waals surface area contributed by atoms with Crippen LogP contribution < -0.4 is 10.2 Å². The van der Waals surface area contributed by atoms with E-state index in [-0.39, 0.29) is 28.2 Å². The highest BCUT2D eigenvalue weighted by atomic mass is 32.1. The van der Waals surface area contributed by atoms with E-state index in [1.165, 1.54) is 18.2 Å². The Balaban J connectivity index is 1.48. The number of aromatic nitrogens is 2. The van der Waals surface area contributed by atoms with Gasteiger partial charge in [0.15, 0.2) is 0 Å². The molecule has 0 radical (unpaired) electrons. The third-order valence-electron chi connectivity index (χ3n) is 4.55. The minimum Gasteiger partial charge on any atom is -0.312 e. The van der Waals surface area contributed by atoms with Crippen LogP contribution in [0.4, 0.5) is 16.5 Å². The fourth-order valence-electron chi connectivity index (χ4n) is 3.17. The minimum atomic E-state index is -0.631. The lowest BCUT2D eigenvalue weighted by Crippen LogP contribution is -2.24. The molecule has 2 amide bonds. The van der Waals surface area contributed by atoms with Crippen molar-refractivity contribution in [1.29, 1.82) is 0 Å². The van der Waals surface area contributed by atoms with E-state index in [0.29, 0.717) is 18.0 Å². The number of amides is 2. The highest BCUT2D eigenvalue weighted by Gasteiger charge is 2.34. The van der Waals surface area contributed by atoms with E-state index in [2.05, 4.69) is 15.5 Å². The van der Waals surface area contributed by atoms with E-state index in [9.17, 15) is 19.7 Å². The van der Waals surface area contributed by atoms with Crippen molar-refractivity contribution in [3.63, 3.8) is 0 Å². The summed E-state index contributed by atoms with van der Waals surface area (Å²) in [7, 11) is 0. The minimum absolute atomic E-state index is 0.00176. The van der Waals surface area contributed by atoms with E-state index >= 15 is 0 Å². The molecule has 1 aliphatic rings. The van der Waals surface area contributed by atoms with Gasteiger partial charge in [0.2, 0.25) is 11.0 Å². The van der Waals surface area contributed by atoms with Crippen LogP contribution in [0.25, 0.3) is 0 Å². The van der Waals surface area contributed by atoms with E-state index in [1.54, 1.807) is 11.0 Å². The van der Waals surface area contributed by atoms with Gasteiger partial charge in [0.05, 0.1) is 4.92 Å². The molecule has 9 nitrogen and oxygen atoms in total. The van der Waals surface area contributed by atoms with Crippen molar-refractivity contribution in [1.82, 2.24) is 10.2 Å². The predicted octanol–water partition coefficient (Wildman–Crippen LogP) is 3.22. The molecular weight excluding hydrogens is 394 g/mol. The fraction of sp³-hybridized carbons (Fsp3) is 0.158. The Bertz CT molecular complexity index is 1080. The lowest BCUT2D eigenvalue weighted by Gasteiger charge is -2.15. The number of nitro groups is 1. The molecule has 3 aromatic rings. The van der Waals surface area contributed by atoms with Crippen molar-refractivity contribution in [2.24, 2.45) is 0 Å². The third kappa shape index (κ3) is 3.83. The molecule has 2 heterocycles. The Morgan fingerprint density at radius 1 is 1.14 bits per heavy atom. The van der Waals surface area contributed by atoms with Crippen LogP contribution in [0, 0.1) is 10.1 Å². The highest BCUT2D eigenvalue weighted by Crippen LogP contribution is 2.34. The largest absolute Gasteiger partial charge is 0.312 e. The predicted molar refractivity (Wildman–Crippen MR) is 107 cm³/mol. The van der Waals surface area contributed by atoms with Gasteiger partial charge in [0.25, 0.3) is 11.6 Å². The molecule has 1 saturated heterocycles. The fourth-order valence-corrected chi connectivity index (χ4v) is 4.00. The van der Waals surface area contributed by atoms with Crippen molar-refractivity contribution < 1.29 is 14.5 Å². The van der Waals surface area contributed by atoms with Gasteiger partial charge in [-0.05, 0) is 18.2 Å². The summed E-state index contributed by atoms with van der Waals surface area (Å²) in [6, 6.07) is 15.1. The zero-order valence-corrected chi connectivity index (χ0v) is 15.8. The van der Waals surface area contributed by atoms with Crippen molar-refractivity contribution in [2.45, 2.75) is 12.3 Å². The van der Waals surface area contributed by atoms with Gasteiger partial charge in [-0.2, -0.15) is 0 Å². The molecular formula is C19H15N5O4S. The van der Waals surface area contributed by atoms with E-state index in [1.807, 2.05) is 30.3 Å². The van der Waals surface area contributed by atoms with Crippen LogP contribution in [-0.2, 0) is 4.79 Å². The average molecular weight is 409 g/mol. The summed E-state index contributed by atoms with van der Waals surface area (Å²) < 4.78 is 0. The van der Waals surface area contributed by atoms with Gasteiger partial charge in [0, 0.05) is 30.6 Å². The summed E-state index contributed by atoms with van der Waals surface area (Å²) in [4.78, 5) is 37.0. The summed E-state index contributed by atoms with van der Waals surface area (Å²) in [5.74, 6) is -0.757. The van der Waals surface area contributed by atoms with E-state index in [0.717, 1.165) is 17.0 Å². The Kier molecular flexibility index (Phi) is 5.00. The lowest BCUT2D eigenvalue weighted by atomic mass is 10.1. The summed E-state index contributed by atoms with van der Waals surface area (Å²) in [6.45, 7) is 0.482. The molecule has 1 fully saturated rings. The number of carbonyl (C=O) groups excluding carboxylic acids is 2. The second kappa shape index (κ2) is 7.76. The Hall–Kier alpha value is -3.66. The Morgan fingerprint density at radius 2 is 1.86 bits per heavy atom. The van der Waals surface area contributed by atoms with Gasteiger partial charge in [-0.1, -0.05) is 41.7 Å². The molecule has 29 heavy (non-hydrogen) atoms. The second-order valence-corrected chi connectivity index (χ2v) is 7.42. The van der Waals surface area contributed by atoms with Crippen molar-refractivity contribution in [2.75, 3.05) is 16.8 Å². The zero-order valence-electron chi connectivity index (χ0n) is 15.0. The molecule has 146 valence electrons. The number of anilines is 2. The second-order valence-electron chi connectivity index (χ2n) is 6.41. The number of carbonyl (C=O) groups is 2. The van der Waals surface area contributed by atoms with Crippen LogP contribution in [-0.4, -0.2) is 33.5 Å². The number of para-hydroxylation sites is 2. The SMILES string of the molecule is O=C(Nc1nnc(C2CC(=O)N(c3ccccc3)C2)s1)c1ccccc1[N+](=O)[O-]. The van der Waals surface area contributed by atoms with Crippen LogP contribution >= 0.6 is 11.3 Å². The molecule has 0 aliphatic carbocycles. The standard InChI is InChI=1S/C19H15N5O4S/c25-16-10-12(11-23(16)13-6-2-1-3-7-13)18-21-22-19(29-18)20-17(26)14-8-4-5-9-15(14)24(27)28/h1-9,12H,10-11H2,(H,20,22,26). The summed E-state index contributed by atoms with van der Waals surface area (Å²) in [6.07, 6.45) is 0.307. The molecule has 1 unspecified atom stereocenters. The summed E-state index contributed by atoms with van der Waals surface area (Å²) in [5.41, 5.74) is 0.490. The topological polar surface area (TPSA) is 118 Å². The van der Waals surface area contributed by atoms with Gasteiger partial charge in [0.1, 0.15) is 10.6 Å². The third-order valence-corrected chi connectivity index (χ3v) is 5.55. The van der Waals surface area contributed by atoms with Gasteiger partial charge in [-0.15, -0.1) is 10.2 Å². The number of benzene rings is 2. The Morgan fingerprint density at radius 3 is 2.62 bits per heavy atom. The maximum absolute atomic E-state index is 12.4. The van der Waals surface area contributed by atoms with Crippen molar-refractivity contribution in [3.8, 4) is 0 Å². The molecule has 1 atom stereocenters. The molecule has 1 N–H and O–H groups in total. The summed E-state index contributed by atoms with van der Waals surface area (Å²) >= 11 is 1.16. The average Bonchev–Trinajstić information content (AvgIpc) is 3.35. The lowest BCUT2D eigenvalue weighted by molar-refractivity contribution is -0.385. The van der Waals surface area contributed by atoms with Gasteiger partial charge >= 0.3 is 0 Å². The van der Waals surface area contributed by atoms with Gasteiger partial charge in [-0.25, -0.2) is 0 Å². The molecule has 1 aromatic heterocycles. The first kappa shape index (κ1) is 18.7. The molecule has 0 spiro atoms. The number of rotatable bonds is 5. The molecule has 4 rings (SSSR count). The maximum atomic E-state index is 12.4. The first-order chi connectivity index (χ1) is 14.0. The van der Waals surface area contributed by atoms with Crippen LogP contribution in [0.15, 0.2) is 54.6 Å². The van der Waals surface area contributed by atoms with E-state index in [4.69, 9.17) is 0 Å². The van der Waals surface area contributed by atoms with Crippen LogP contribution in [0.2, 0.25) is 0 Å². The zero-order chi connectivity index (χ0) is 20.4. The maximum Gasteiger partial charge on any atom is 0.282 e. The number of nitrogens with zero attached hydrogens (tertiary/aromatic N) is 4. The van der Waals surface area contributed by atoms with Crippen LogP contribution in [0.5, 0.6) is 0 Å². The first-order valence-corrected chi connectivity index (χ1v) is 9.58. The molecule has 0 bridgehead atoms. The highest BCUT2D eigenvalue weighted by molar-refractivity contribution is 7.15. The normalized spacial score (nSPS) is 16.1. The van der Waals surface area contributed by atoms with E-state index < -0.39 is 10.8 Å². The monoisotopic (exact) mass is 409 g/mol. The molecule has 10 heteroatoms.